The van der Waals surface area contributed by atoms with Crippen molar-refractivity contribution in [1.29, 1.82) is 0 Å². The van der Waals surface area contributed by atoms with Crippen LogP contribution in [0, 0.1) is 11.8 Å². The molecule has 0 bridgehead atoms. The van der Waals surface area contributed by atoms with Crippen LogP contribution in [0.25, 0.3) is 11.0 Å². The third kappa shape index (κ3) is 2.65. The number of nitrogens with zero attached hydrogens (tertiary/aromatic N) is 2. The lowest BCUT2D eigenvalue weighted by molar-refractivity contribution is 0.394. The zero-order chi connectivity index (χ0) is 14.7. The van der Waals surface area contributed by atoms with E-state index < -0.39 is 0 Å². The number of ether oxygens (including phenoxy) is 2. The van der Waals surface area contributed by atoms with E-state index in [1.165, 1.54) is 6.33 Å². The van der Waals surface area contributed by atoms with Crippen molar-refractivity contribution < 1.29 is 9.47 Å². The molecular formula is C16H13N3O2. The zero-order valence-corrected chi connectivity index (χ0v) is 11.7. The molecule has 2 aromatic heterocycles. The van der Waals surface area contributed by atoms with Crippen molar-refractivity contribution >= 4 is 11.0 Å². The highest BCUT2D eigenvalue weighted by atomic mass is 16.5. The predicted molar refractivity (Wildman–Crippen MR) is 79.4 cm³/mol. The predicted octanol–water partition coefficient (Wildman–Crippen LogP) is 2.37. The third-order valence-corrected chi connectivity index (χ3v) is 3.05. The lowest BCUT2D eigenvalue weighted by Crippen LogP contribution is -1.88. The van der Waals surface area contributed by atoms with Crippen LogP contribution in [0.15, 0.2) is 36.9 Å². The van der Waals surface area contributed by atoms with Gasteiger partial charge in [-0.1, -0.05) is 11.8 Å². The Morgan fingerprint density at radius 2 is 1.81 bits per heavy atom. The molecule has 0 radical (unpaired) electrons. The molecule has 21 heavy (non-hydrogen) atoms. The van der Waals surface area contributed by atoms with Crippen molar-refractivity contribution in [3.63, 3.8) is 0 Å². The minimum absolute atomic E-state index is 0.709. The van der Waals surface area contributed by atoms with Crippen molar-refractivity contribution in [1.82, 2.24) is 15.0 Å². The van der Waals surface area contributed by atoms with Gasteiger partial charge in [0.05, 0.1) is 25.2 Å². The summed E-state index contributed by atoms with van der Waals surface area (Å²) in [6.07, 6.45) is 5.07. The van der Waals surface area contributed by atoms with E-state index in [1.54, 1.807) is 20.4 Å². The Bertz CT molecular complexity index is 821. The number of rotatable bonds is 2. The number of hydrogen-bond acceptors (Lipinski definition) is 4. The molecule has 2 heterocycles. The highest BCUT2D eigenvalue weighted by Crippen LogP contribution is 2.22. The minimum atomic E-state index is 0.709. The van der Waals surface area contributed by atoms with Gasteiger partial charge in [0.15, 0.2) is 0 Å². The van der Waals surface area contributed by atoms with E-state index in [1.807, 2.05) is 24.4 Å². The fourth-order valence-corrected chi connectivity index (χ4v) is 1.98. The van der Waals surface area contributed by atoms with Gasteiger partial charge in [-0.05, 0) is 12.1 Å². The molecule has 0 aliphatic carbocycles. The van der Waals surface area contributed by atoms with E-state index in [0.717, 1.165) is 22.2 Å². The van der Waals surface area contributed by atoms with Crippen molar-refractivity contribution in [2.45, 2.75) is 0 Å². The Morgan fingerprint density at radius 1 is 1.05 bits per heavy atom. The number of aromatic nitrogens is 3. The van der Waals surface area contributed by atoms with Crippen LogP contribution < -0.4 is 9.47 Å². The van der Waals surface area contributed by atoms with Crippen LogP contribution in [-0.2, 0) is 0 Å². The van der Waals surface area contributed by atoms with Crippen LogP contribution in [0.3, 0.4) is 0 Å². The zero-order valence-electron chi connectivity index (χ0n) is 11.7. The molecule has 0 unspecified atom stereocenters. The molecule has 0 atom stereocenters. The normalized spacial score (nSPS) is 10.0. The molecule has 5 nitrogen and oxygen atoms in total. The van der Waals surface area contributed by atoms with Gasteiger partial charge in [0.1, 0.15) is 23.5 Å². The van der Waals surface area contributed by atoms with Crippen LogP contribution >= 0.6 is 0 Å². The monoisotopic (exact) mass is 279 g/mol. The van der Waals surface area contributed by atoms with Gasteiger partial charge in [0, 0.05) is 24.0 Å². The first kappa shape index (κ1) is 13.0. The molecule has 0 saturated carbocycles. The summed E-state index contributed by atoms with van der Waals surface area (Å²) >= 11 is 0. The van der Waals surface area contributed by atoms with Crippen LogP contribution in [0.2, 0.25) is 0 Å². The lowest BCUT2D eigenvalue weighted by atomic mass is 10.2. The second-order valence-electron chi connectivity index (χ2n) is 4.34. The Kier molecular flexibility index (Phi) is 3.44. The molecule has 104 valence electrons. The summed E-state index contributed by atoms with van der Waals surface area (Å²) in [6, 6.07) is 5.53. The van der Waals surface area contributed by atoms with Gasteiger partial charge < -0.3 is 14.5 Å². The Morgan fingerprint density at radius 3 is 2.52 bits per heavy atom. The highest BCUT2D eigenvalue weighted by Gasteiger charge is 2.02. The van der Waals surface area contributed by atoms with Crippen LogP contribution in [-0.4, -0.2) is 29.2 Å². The summed E-state index contributed by atoms with van der Waals surface area (Å²) in [4.78, 5) is 11.2. The fraction of sp³-hybridized carbons (Fsp3) is 0.125. The number of H-pyrrole nitrogens is 1. The summed E-state index contributed by atoms with van der Waals surface area (Å²) in [6.45, 7) is 0. The maximum atomic E-state index is 5.23. The Labute approximate surface area is 122 Å². The number of hydrogen-bond donors (Lipinski definition) is 1. The van der Waals surface area contributed by atoms with Gasteiger partial charge in [0.25, 0.3) is 0 Å². The van der Waals surface area contributed by atoms with Crippen molar-refractivity contribution in [3.05, 3.63) is 48.0 Å². The molecule has 1 N–H and O–H groups in total. The maximum Gasteiger partial charge on any atom is 0.141 e. The Hall–Kier alpha value is -3.00. The number of benzene rings is 1. The average molecular weight is 279 g/mol. The summed E-state index contributed by atoms with van der Waals surface area (Å²) in [5, 5.41) is 0.903. The minimum Gasteiger partial charge on any atom is -0.497 e. The van der Waals surface area contributed by atoms with Crippen LogP contribution in [0.5, 0.6) is 11.5 Å². The van der Waals surface area contributed by atoms with Gasteiger partial charge in [-0.25, -0.2) is 9.97 Å². The molecule has 0 saturated heterocycles. The van der Waals surface area contributed by atoms with Crippen LogP contribution in [0.4, 0.5) is 0 Å². The molecule has 0 spiro atoms. The standard InChI is InChI=1S/C16H13N3O2/c1-20-13-5-11(6-14(7-13)21-2)3-4-12-8-18-16-15(12)9-17-10-19-16/h5-10H,1-2H3,(H,17,18,19). The van der Waals surface area contributed by atoms with Crippen LogP contribution in [0.1, 0.15) is 11.1 Å². The Balaban J connectivity index is 2.01. The van der Waals surface area contributed by atoms with E-state index in [9.17, 15) is 0 Å². The van der Waals surface area contributed by atoms with E-state index in [0.29, 0.717) is 11.5 Å². The molecule has 0 aliphatic heterocycles. The van der Waals surface area contributed by atoms with Gasteiger partial charge in [0.2, 0.25) is 0 Å². The molecule has 3 rings (SSSR count). The molecular weight excluding hydrogens is 266 g/mol. The summed E-state index contributed by atoms with van der Waals surface area (Å²) in [7, 11) is 3.23. The maximum absolute atomic E-state index is 5.23. The molecule has 5 heteroatoms. The van der Waals surface area contributed by atoms with E-state index in [2.05, 4.69) is 26.8 Å². The average Bonchev–Trinajstić information content (AvgIpc) is 2.95. The van der Waals surface area contributed by atoms with Gasteiger partial charge >= 0.3 is 0 Å². The molecule has 0 fully saturated rings. The molecule has 0 aliphatic rings. The summed E-state index contributed by atoms with van der Waals surface area (Å²) in [5.74, 6) is 7.64. The van der Waals surface area contributed by atoms with Crippen molar-refractivity contribution in [2.24, 2.45) is 0 Å². The molecule has 1 aromatic carbocycles. The third-order valence-electron chi connectivity index (χ3n) is 3.05. The van der Waals surface area contributed by atoms with Gasteiger partial charge in [-0.3, -0.25) is 0 Å². The van der Waals surface area contributed by atoms with Crippen molar-refractivity contribution in [2.75, 3.05) is 14.2 Å². The number of aromatic amines is 1. The summed E-state index contributed by atoms with van der Waals surface area (Å²) < 4.78 is 10.5. The molecule has 0 amide bonds. The fourth-order valence-electron chi connectivity index (χ4n) is 1.98. The number of methoxy groups -OCH3 is 2. The second-order valence-corrected chi connectivity index (χ2v) is 4.34. The largest absolute Gasteiger partial charge is 0.497 e. The van der Waals surface area contributed by atoms with Gasteiger partial charge in [-0.2, -0.15) is 0 Å². The highest BCUT2D eigenvalue weighted by molar-refractivity contribution is 5.82. The van der Waals surface area contributed by atoms with Gasteiger partial charge in [-0.15, -0.1) is 0 Å². The quantitative estimate of drug-likeness (QED) is 0.732. The first-order chi connectivity index (χ1) is 10.3. The lowest BCUT2D eigenvalue weighted by Gasteiger charge is -2.04. The number of fused-ring (bicyclic) bond motifs is 1. The number of nitrogens with one attached hydrogen (secondary N) is 1. The molecule has 3 aromatic rings. The first-order valence-electron chi connectivity index (χ1n) is 6.32. The second kappa shape index (κ2) is 5.55. The van der Waals surface area contributed by atoms with E-state index >= 15 is 0 Å². The van der Waals surface area contributed by atoms with E-state index in [4.69, 9.17) is 9.47 Å². The topological polar surface area (TPSA) is 60.0 Å². The van der Waals surface area contributed by atoms with Crippen molar-refractivity contribution in [3.8, 4) is 23.3 Å². The first-order valence-corrected chi connectivity index (χ1v) is 6.32. The van der Waals surface area contributed by atoms with E-state index in [-0.39, 0.29) is 0 Å². The SMILES string of the molecule is COc1cc(C#Cc2c[nH]c3ncncc23)cc(OC)c1. The summed E-state index contributed by atoms with van der Waals surface area (Å²) in [5.41, 5.74) is 2.45. The smallest absolute Gasteiger partial charge is 0.141 e.